The van der Waals surface area contributed by atoms with E-state index >= 15 is 0 Å². The lowest BCUT2D eigenvalue weighted by molar-refractivity contribution is -0.149. The number of carboxylic acids is 1. The summed E-state index contributed by atoms with van der Waals surface area (Å²) >= 11 is 0. The molecular formula is C14H23N3O5. The topological polar surface area (TPSA) is 108 Å². The fourth-order valence-corrected chi connectivity index (χ4v) is 2.88. The van der Waals surface area contributed by atoms with E-state index in [0.29, 0.717) is 19.4 Å². The van der Waals surface area contributed by atoms with Crippen LogP contribution >= 0.6 is 0 Å². The van der Waals surface area contributed by atoms with Gasteiger partial charge in [0.1, 0.15) is 17.7 Å². The Bertz CT molecular complexity index is 474. The fourth-order valence-electron chi connectivity index (χ4n) is 2.88. The summed E-state index contributed by atoms with van der Waals surface area (Å²) in [5, 5.41) is 14.9. The average Bonchev–Trinajstić information content (AvgIpc) is 2.72. The summed E-state index contributed by atoms with van der Waals surface area (Å²) in [4.78, 5) is 37.1. The van der Waals surface area contributed by atoms with Gasteiger partial charge in [0.2, 0.25) is 5.91 Å². The van der Waals surface area contributed by atoms with Gasteiger partial charge in [0.25, 0.3) is 0 Å². The molecule has 0 spiro atoms. The lowest BCUT2D eigenvalue weighted by Crippen LogP contribution is -2.54. The Morgan fingerprint density at radius 1 is 1.32 bits per heavy atom. The van der Waals surface area contributed by atoms with Crippen LogP contribution in [0.2, 0.25) is 0 Å². The summed E-state index contributed by atoms with van der Waals surface area (Å²) in [5.41, 5.74) is -0.662. The number of carboxylic acid groups (broad SMARTS) is 1. The molecule has 0 aliphatic carbocycles. The summed E-state index contributed by atoms with van der Waals surface area (Å²) in [6.07, 6.45) is 0.402. The molecular weight excluding hydrogens is 290 g/mol. The second kappa shape index (κ2) is 6.12. The van der Waals surface area contributed by atoms with Crippen LogP contribution in [0.1, 0.15) is 33.6 Å². The van der Waals surface area contributed by atoms with Gasteiger partial charge in [0, 0.05) is 19.1 Å². The molecule has 2 fully saturated rings. The van der Waals surface area contributed by atoms with Gasteiger partial charge < -0.3 is 25.4 Å². The molecule has 0 aromatic heterocycles. The zero-order valence-corrected chi connectivity index (χ0v) is 13.1. The monoisotopic (exact) mass is 313 g/mol. The number of nitrogens with zero attached hydrogens (tertiary/aromatic N) is 1. The number of carbonyl (C=O) groups is 3. The van der Waals surface area contributed by atoms with Crippen molar-refractivity contribution in [3.63, 3.8) is 0 Å². The third-order valence-corrected chi connectivity index (χ3v) is 3.76. The maximum atomic E-state index is 12.6. The van der Waals surface area contributed by atoms with E-state index in [-0.39, 0.29) is 18.5 Å². The van der Waals surface area contributed by atoms with Crippen LogP contribution in [0.3, 0.4) is 0 Å². The Morgan fingerprint density at radius 2 is 2.00 bits per heavy atom. The lowest BCUT2D eigenvalue weighted by atomic mass is 10.2. The van der Waals surface area contributed by atoms with Crippen LogP contribution in [0, 0.1) is 0 Å². The first-order valence-corrected chi connectivity index (χ1v) is 7.44. The predicted octanol–water partition coefficient (Wildman–Crippen LogP) is -0.0729. The van der Waals surface area contributed by atoms with E-state index in [1.807, 2.05) is 0 Å². The maximum absolute atomic E-state index is 12.6. The van der Waals surface area contributed by atoms with Crippen molar-refractivity contribution in [1.29, 1.82) is 0 Å². The van der Waals surface area contributed by atoms with Crippen molar-refractivity contribution in [3.05, 3.63) is 0 Å². The van der Waals surface area contributed by atoms with Gasteiger partial charge in [-0.15, -0.1) is 0 Å². The molecule has 2 aliphatic rings. The van der Waals surface area contributed by atoms with E-state index in [1.54, 1.807) is 20.8 Å². The van der Waals surface area contributed by atoms with Crippen molar-refractivity contribution < 1.29 is 24.2 Å². The highest BCUT2D eigenvalue weighted by Gasteiger charge is 2.45. The van der Waals surface area contributed by atoms with E-state index < -0.39 is 29.7 Å². The van der Waals surface area contributed by atoms with Crippen LogP contribution in [0.5, 0.6) is 0 Å². The minimum Gasteiger partial charge on any atom is -0.480 e. The first-order valence-electron chi connectivity index (χ1n) is 7.44. The van der Waals surface area contributed by atoms with Crippen LogP contribution in [0.4, 0.5) is 4.79 Å². The molecule has 2 saturated heterocycles. The zero-order valence-electron chi connectivity index (χ0n) is 13.1. The third-order valence-electron chi connectivity index (χ3n) is 3.76. The van der Waals surface area contributed by atoms with Crippen molar-refractivity contribution in [2.45, 2.75) is 57.3 Å². The molecule has 0 saturated carbocycles. The minimum absolute atomic E-state index is 0.140. The van der Waals surface area contributed by atoms with Crippen molar-refractivity contribution in [3.8, 4) is 0 Å². The van der Waals surface area contributed by atoms with E-state index in [1.165, 1.54) is 4.90 Å². The van der Waals surface area contributed by atoms with Gasteiger partial charge in [0.15, 0.2) is 0 Å². The van der Waals surface area contributed by atoms with E-state index in [0.717, 1.165) is 0 Å². The number of carbonyl (C=O) groups excluding carboxylic acids is 2. The van der Waals surface area contributed by atoms with Gasteiger partial charge in [-0.3, -0.25) is 4.79 Å². The number of fused-ring (bicyclic) bond motifs is 1. The number of alkyl carbamates (subject to hydrolysis) is 1. The molecule has 8 heteroatoms. The molecule has 0 radical (unpaired) electrons. The highest BCUT2D eigenvalue weighted by atomic mass is 16.6. The van der Waals surface area contributed by atoms with Gasteiger partial charge in [-0.1, -0.05) is 0 Å². The van der Waals surface area contributed by atoms with Gasteiger partial charge in [-0.2, -0.15) is 0 Å². The largest absolute Gasteiger partial charge is 0.480 e. The number of hydrogen-bond acceptors (Lipinski definition) is 5. The molecule has 0 aromatic rings. The molecule has 2 aliphatic heterocycles. The van der Waals surface area contributed by atoms with Crippen molar-refractivity contribution >= 4 is 18.0 Å². The number of aliphatic carboxylic acids is 1. The van der Waals surface area contributed by atoms with Crippen molar-refractivity contribution in [2.75, 3.05) is 13.1 Å². The van der Waals surface area contributed by atoms with E-state index in [9.17, 15) is 19.5 Å². The number of ether oxygens (including phenoxy) is 1. The number of rotatable bonds is 2. The molecule has 22 heavy (non-hydrogen) atoms. The quantitative estimate of drug-likeness (QED) is 0.658. The van der Waals surface area contributed by atoms with Crippen LogP contribution in [-0.2, 0) is 14.3 Å². The molecule has 124 valence electrons. The second-order valence-electron chi connectivity index (χ2n) is 6.69. The van der Waals surface area contributed by atoms with Gasteiger partial charge in [0.05, 0.1) is 0 Å². The van der Waals surface area contributed by atoms with Gasteiger partial charge in [-0.05, 0) is 33.6 Å². The molecule has 3 N–H and O–H groups in total. The van der Waals surface area contributed by atoms with Crippen molar-refractivity contribution in [1.82, 2.24) is 15.5 Å². The standard InChI is InChI=1S/C14H23N3O5/c1-14(2,3)22-13(21)16-9-7-15-6-8-4-5-10(12(19)20)17(8)11(9)18/h8-10,15H,4-7H2,1-3H3,(H,16,21)(H,19,20)/t8-,9+,10+/m1/s1. The Kier molecular flexibility index (Phi) is 4.60. The number of hydrogen-bond donors (Lipinski definition) is 3. The third kappa shape index (κ3) is 3.68. The highest BCUT2D eigenvalue weighted by molar-refractivity contribution is 5.90. The number of nitrogens with one attached hydrogen (secondary N) is 2. The summed E-state index contributed by atoms with van der Waals surface area (Å²) < 4.78 is 5.15. The van der Waals surface area contributed by atoms with E-state index in [4.69, 9.17) is 4.74 Å². The molecule has 0 aromatic carbocycles. The van der Waals surface area contributed by atoms with Crippen LogP contribution in [0.25, 0.3) is 0 Å². The zero-order chi connectivity index (χ0) is 16.5. The van der Waals surface area contributed by atoms with Crippen LogP contribution in [0.15, 0.2) is 0 Å². The summed E-state index contributed by atoms with van der Waals surface area (Å²) in [7, 11) is 0. The molecule has 2 rings (SSSR count). The van der Waals surface area contributed by atoms with Crippen LogP contribution < -0.4 is 10.6 Å². The molecule has 2 amide bonds. The molecule has 0 bridgehead atoms. The first kappa shape index (κ1) is 16.5. The highest BCUT2D eigenvalue weighted by Crippen LogP contribution is 2.26. The SMILES string of the molecule is CC(C)(C)OC(=O)N[C@H]1CNC[C@H]2CC[C@@H](C(=O)O)N2C1=O. The smallest absolute Gasteiger partial charge is 0.408 e. The Labute approximate surface area is 129 Å². The summed E-state index contributed by atoms with van der Waals surface area (Å²) in [6.45, 7) is 5.99. The fraction of sp³-hybridized carbons (Fsp3) is 0.786. The van der Waals surface area contributed by atoms with Gasteiger partial charge >= 0.3 is 12.1 Å². The molecule has 0 unspecified atom stereocenters. The summed E-state index contributed by atoms with van der Waals surface area (Å²) in [6, 6.07) is -1.78. The van der Waals surface area contributed by atoms with Gasteiger partial charge in [-0.25, -0.2) is 9.59 Å². The first-order chi connectivity index (χ1) is 10.2. The molecule has 2 heterocycles. The summed E-state index contributed by atoms with van der Waals surface area (Å²) in [5.74, 6) is -1.38. The lowest BCUT2D eigenvalue weighted by Gasteiger charge is -2.29. The second-order valence-corrected chi connectivity index (χ2v) is 6.69. The normalized spacial score (nSPS) is 28.8. The minimum atomic E-state index is -1.01. The van der Waals surface area contributed by atoms with Crippen molar-refractivity contribution in [2.24, 2.45) is 0 Å². The Hall–Kier alpha value is -1.83. The maximum Gasteiger partial charge on any atom is 0.408 e. The molecule has 8 nitrogen and oxygen atoms in total. The molecule has 3 atom stereocenters. The Balaban J connectivity index is 2.08. The van der Waals surface area contributed by atoms with Crippen LogP contribution in [-0.4, -0.2) is 64.8 Å². The Morgan fingerprint density at radius 3 is 2.59 bits per heavy atom. The van der Waals surface area contributed by atoms with E-state index in [2.05, 4.69) is 10.6 Å². The number of amides is 2. The average molecular weight is 313 g/mol. The predicted molar refractivity (Wildman–Crippen MR) is 77.3 cm³/mol.